The number of carbonyl (C=O) groups excluding carboxylic acids is 1. The molecule has 2 aromatic carbocycles. The first-order valence-corrected chi connectivity index (χ1v) is 12.9. The lowest BCUT2D eigenvalue weighted by Gasteiger charge is -2.27. The van der Waals surface area contributed by atoms with E-state index in [4.69, 9.17) is 4.18 Å². The molecule has 0 unspecified atom stereocenters. The Labute approximate surface area is 193 Å². The lowest BCUT2D eigenvalue weighted by atomic mass is 9.93. The highest BCUT2D eigenvalue weighted by molar-refractivity contribution is 7.86. The van der Waals surface area contributed by atoms with E-state index < -0.39 is 10.1 Å². The Morgan fingerprint density at radius 3 is 1.91 bits per heavy atom. The van der Waals surface area contributed by atoms with Gasteiger partial charge in [0.15, 0.2) is 0 Å². The number of hydrogen-bond donors (Lipinski definition) is 1. The van der Waals surface area contributed by atoms with E-state index in [1.165, 1.54) is 0 Å². The molecule has 32 heavy (non-hydrogen) atoms. The molecule has 0 bridgehead atoms. The molecule has 0 radical (unpaired) electrons. The number of rotatable bonds is 9. The van der Waals surface area contributed by atoms with Gasteiger partial charge in [-0.15, -0.1) is 0 Å². The molecule has 0 aliphatic carbocycles. The molecule has 1 N–H and O–H groups in total. The maximum Gasteiger partial charge on any atom is 0.322 e. The molecule has 0 heterocycles. The number of hydrogen-bond acceptors (Lipinski definition) is 4. The number of benzene rings is 2. The highest BCUT2D eigenvalue weighted by Gasteiger charge is 2.20. The zero-order chi connectivity index (χ0) is 24.1. The van der Waals surface area contributed by atoms with Crippen LogP contribution < -0.4 is 9.50 Å². The summed E-state index contributed by atoms with van der Waals surface area (Å²) >= 11 is 0. The standard InChI is InChI=1S/C25H36N2O4S/c1-17(2)15-27(16-20-11-13-21(14-12-20)31-32(7,29)30)25(28)26-24-22(18(3)4)9-8-10-23(24)19(5)6/h8-14,17-19H,15-16H2,1-7H3,(H,26,28). The van der Waals surface area contributed by atoms with Gasteiger partial charge in [-0.05, 0) is 46.6 Å². The summed E-state index contributed by atoms with van der Waals surface area (Å²) in [5.41, 5.74) is 4.03. The van der Waals surface area contributed by atoms with Crippen molar-refractivity contribution in [1.29, 1.82) is 0 Å². The minimum absolute atomic E-state index is 0.148. The molecule has 0 saturated heterocycles. The Morgan fingerprint density at radius 1 is 0.938 bits per heavy atom. The van der Waals surface area contributed by atoms with Gasteiger partial charge in [-0.2, -0.15) is 8.42 Å². The molecule has 0 atom stereocenters. The second kappa shape index (κ2) is 10.9. The average Bonchev–Trinajstić information content (AvgIpc) is 2.67. The van der Waals surface area contributed by atoms with Crippen molar-refractivity contribution in [2.24, 2.45) is 5.92 Å². The number of urea groups is 1. The van der Waals surface area contributed by atoms with Crippen molar-refractivity contribution in [3.05, 3.63) is 59.2 Å². The highest BCUT2D eigenvalue weighted by Crippen LogP contribution is 2.32. The molecule has 2 aromatic rings. The van der Waals surface area contributed by atoms with Gasteiger partial charge in [0.2, 0.25) is 0 Å². The number of amides is 2. The molecule has 0 saturated carbocycles. The summed E-state index contributed by atoms with van der Waals surface area (Å²) < 4.78 is 27.5. The van der Waals surface area contributed by atoms with Crippen molar-refractivity contribution in [3.8, 4) is 5.75 Å². The van der Waals surface area contributed by atoms with Crippen molar-refractivity contribution in [2.75, 3.05) is 18.1 Å². The Balaban J connectivity index is 2.28. The smallest absolute Gasteiger partial charge is 0.322 e. The Kier molecular flexibility index (Phi) is 8.73. The quantitative estimate of drug-likeness (QED) is 0.468. The van der Waals surface area contributed by atoms with Crippen LogP contribution in [-0.4, -0.2) is 32.1 Å². The van der Waals surface area contributed by atoms with E-state index in [9.17, 15) is 13.2 Å². The average molecular weight is 461 g/mol. The van der Waals surface area contributed by atoms with Crippen LogP contribution in [0.15, 0.2) is 42.5 Å². The first-order chi connectivity index (χ1) is 14.9. The fourth-order valence-electron chi connectivity index (χ4n) is 3.59. The van der Waals surface area contributed by atoms with Gasteiger partial charge in [0.05, 0.1) is 6.26 Å². The van der Waals surface area contributed by atoms with Crippen molar-refractivity contribution in [2.45, 2.75) is 59.9 Å². The lowest BCUT2D eigenvalue weighted by molar-refractivity contribution is 0.201. The lowest BCUT2D eigenvalue weighted by Crippen LogP contribution is -2.37. The van der Waals surface area contributed by atoms with Gasteiger partial charge in [0.1, 0.15) is 5.75 Å². The first kappa shape index (κ1) is 25.7. The fourth-order valence-corrected chi connectivity index (χ4v) is 4.05. The molecular weight excluding hydrogens is 424 g/mol. The van der Waals surface area contributed by atoms with Gasteiger partial charge in [-0.3, -0.25) is 0 Å². The predicted octanol–water partition coefficient (Wildman–Crippen LogP) is 5.96. The van der Waals surface area contributed by atoms with E-state index >= 15 is 0 Å². The third-order valence-electron chi connectivity index (χ3n) is 5.02. The van der Waals surface area contributed by atoms with Crippen LogP contribution in [0.5, 0.6) is 5.75 Å². The van der Waals surface area contributed by atoms with E-state index in [0.717, 1.165) is 28.6 Å². The van der Waals surface area contributed by atoms with Gasteiger partial charge >= 0.3 is 16.1 Å². The second-order valence-corrected chi connectivity index (χ2v) is 10.8. The van der Waals surface area contributed by atoms with E-state index in [1.807, 2.05) is 6.07 Å². The molecule has 176 valence electrons. The van der Waals surface area contributed by atoms with E-state index in [2.05, 4.69) is 59.0 Å². The van der Waals surface area contributed by atoms with E-state index in [1.54, 1.807) is 29.2 Å². The Hall–Kier alpha value is -2.54. The van der Waals surface area contributed by atoms with Crippen LogP contribution in [-0.2, 0) is 16.7 Å². The molecule has 0 spiro atoms. The SMILES string of the molecule is CC(C)CN(Cc1ccc(OS(C)(=O)=O)cc1)C(=O)Nc1c(C(C)C)cccc1C(C)C. The molecule has 0 aliphatic heterocycles. The normalized spacial score (nSPS) is 11.8. The van der Waals surface area contributed by atoms with Crippen LogP contribution in [0, 0.1) is 5.92 Å². The van der Waals surface area contributed by atoms with Crippen molar-refractivity contribution < 1.29 is 17.4 Å². The molecule has 2 amide bonds. The Bertz CT molecular complexity index is 986. The number of carbonyl (C=O) groups is 1. The second-order valence-electron chi connectivity index (χ2n) is 9.26. The van der Waals surface area contributed by atoms with Crippen LogP contribution >= 0.6 is 0 Å². The van der Waals surface area contributed by atoms with Crippen molar-refractivity contribution in [1.82, 2.24) is 4.90 Å². The van der Waals surface area contributed by atoms with Gasteiger partial charge < -0.3 is 14.4 Å². The summed E-state index contributed by atoms with van der Waals surface area (Å²) in [7, 11) is -3.57. The monoisotopic (exact) mass is 460 g/mol. The van der Waals surface area contributed by atoms with Gasteiger partial charge in [0.25, 0.3) is 0 Å². The van der Waals surface area contributed by atoms with Gasteiger partial charge in [-0.25, -0.2) is 4.79 Å². The van der Waals surface area contributed by atoms with Crippen LogP contribution in [0.25, 0.3) is 0 Å². The maximum atomic E-state index is 13.4. The summed E-state index contributed by atoms with van der Waals surface area (Å²) in [6.45, 7) is 13.7. The number of nitrogens with one attached hydrogen (secondary N) is 1. The maximum absolute atomic E-state index is 13.4. The number of anilines is 1. The number of nitrogens with zero attached hydrogens (tertiary/aromatic N) is 1. The molecule has 0 fully saturated rings. The van der Waals surface area contributed by atoms with E-state index in [-0.39, 0.29) is 23.6 Å². The minimum Gasteiger partial charge on any atom is -0.383 e. The zero-order valence-corrected chi connectivity index (χ0v) is 21.0. The molecule has 7 heteroatoms. The van der Waals surface area contributed by atoms with Crippen LogP contribution in [0.1, 0.15) is 70.1 Å². The Morgan fingerprint density at radius 2 is 1.47 bits per heavy atom. The predicted molar refractivity (Wildman–Crippen MR) is 131 cm³/mol. The van der Waals surface area contributed by atoms with Crippen LogP contribution in [0.2, 0.25) is 0 Å². The summed E-state index contributed by atoms with van der Waals surface area (Å²) in [4.78, 5) is 15.2. The third-order valence-corrected chi connectivity index (χ3v) is 5.52. The van der Waals surface area contributed by atoms with Crippen molar-refractivity contribution in [3.63, 3.8) is 0 Å². The third kappa shape index (κ3) is 7.55. The zero-order valence-electron chi connectivity index (χ0n) is 20.2. The van der Waals surface area contributed by atoms with Gasteiger partial charge in [0, 0.05) is 18.8 Å². The highest BCUT2D eigenvalue weighted by atomic mass is 32.2. The van der Waals surface area contributed by atoms with Gasteiger partial charge in [-0.1, -0.05) is 71.9 Å². The molecule has 0 aliphatic rings. The summed E-state index contributed by atoms with van der Waals surface area (Å²) in [5, 5.41) is 3.19. The van der Waals surface area contributed by atoms with Crippen molar-refractivity contribution >= 4 is 21.8 Å². The molecule has 2 rings (SSSR count). The summed E-state index contributed by atoms with van der Waals surface area (Å²) in [6.07, 6.45) is 1.01. The summed E-state index contributed by atoms with van der Waals surface area (Å²) in [6, 6.07) is 12.8. The van der Waals surface area contributed by atoms with Crippen LogP contribution in [0.3, 0.4) is 0 Å². The topological polar surface area (TPSA) is 75.7 Å². The molecular formula is C25H36N2O4S. The molecule has 0 aromatic heterocycles. The van der Waals surface area contributed by atoms with Crippen LogP contribution in [0.4, 0.5) is 10.5 Å². The minimum atomic E-state index is -3.57. The number of para-hydroxylation sites is 1. The van der Waals surface area contributed by atoms with E-state index in [0.29, 0.717) is 19.0 Å². The largest absolute Gasteiger partial charge is 0.383 e. The first-order valence-electron chi connectivity index (χ1n) is 11.0. The summed E-state index contributed by atoms with van der Waals surface area (Å²) in [5.74, 6) is 1.11. The molecule has 6 nitrogen and oxygen atoms in total. The fraction of sp³-hybridized carbons (Fsp3) is 0.480.